The zero-order chi connectivity index (χ0) is 32.0. The van der Waals surface area contributed by atoms with Gasteiger partial charge in [0.25, 0.3) is 0 Å². The lowest BCUT2D eigenvalue weighted by Crippen LogP contribution is -2.89. The standard InChI is InChI=1S/C16H22O5.C12H28N4Si4/c1-5-13(4)20-11-16(10-17,9-8-14(18)6-2)12-21-15(19)7-3;1-9-17(5)13-18(6,10-2)15-20(8,12-4)16-19(7,11-3)14-17/h5-7,17H,1-4,8-12H2;9-16H,1-4H2,5-8H3. The lowest BCUT2D eigenvalue weighted by molar-refractivity contribution is -0.144. The smallest absolute Gasteiger partial charge is 0.330 e. The number of ether oxygens (including phenoxy) is 2. The number of ketones is 1. The summed E-state index contributed by atoms with van der Waals surface area (Å²) in [6.45, 7) is 38.5. The second-order valence-corrected chi connectivity index (χ2v) is 26.0. The molecule has 0 saturated carbocycles. The van der Waals surface area contributed by atoms with Crippen LogP contribution in [0.2, 0.25) is 26.2 Å². The second-order valence-electron chi connectivity index (χ2n) is 10.7. The Hall–Kier alpha value is -2.47. The minimum atomic E-state index is -1.97. The summed E-state index contributed by atoms with van der Waals surface area (Å²) in [5.41, 5.74) is 7.31. The van der Waals surface area contributed by atoms with Gasteiger partial charge in [-0.2, -0.15) is 0 Å². The van der Waals surface area contributed by atoms with Gasteiger partial charge >= 0.3 is 5.97 Å². The molecule has 0 aromatic carbocycles. The van der Waals surface area contributed by atoms with Crippen molar-refractivity contribution in [2.45, 2.75) is 39.0 Å². The van der Waals surface area contributed by atoms with Crippen LogP contribution in [0.25, 0.3) is 0 Å². The highest BCUT2D eigenvalue weighted by Crippen LogP contribution is 2.26. The molecule has 13 heteroatoms. The molecule has 9 nitrogen and oxygen atoms in total. The van der Waals surface area contributed by atoms with Gasteiger partial charge in [-0.05, 0) is 44.8 Å². The molecule has 1 heterocycles. The van der Waals surface area contributed by atoms with E-state index >= 15 is 0 Å². The molecule has 1 aliphatic rings. The van der Waals surface area contributed by atoms with Crippen molar-refractivity contribution in [2.75, 3.05) is 19.8 Å². The van der Waals surface area contributed by atoms with Gasteiger partial charge in [0.05, 0.1) is 18.6 Å². The van der Waals surface area contributed by atoms with E-state index < -0.39 is 45.0 Å². The average molecular weight is 635 g/mol. The summed E-state index contributed by atoms with van der Waals surface area (Å²) >= 11 is 0. The highest BCUT2D eigenvalue weighted by atomic mass is 28.5. The Bertz CT molecular complexity index is 885. The van der Waals surface area contributed by atoms with Gasteiger partial charge in [0.2, 0.25) is 33.6 Å². The molecule has 0 amide bonds. The normalized spacial score (nSPS) is 28.8. The van der Waals surface area contributed by atoms with Crippen LogP contribution in [0.4, 0.5) is 0 Å². The molecular formula is C28H50N4O5Si4. The summed E-state index contributed by atoms with van der Waals surface area (Å²) in [7, 11) is -7.89. The van der Waals surface area contributed by atoms with E-state index in [1.165, 1.54) is 12.2 Å². The minimum absolute atomic E-state index is 0.0448. The molecule has 0 aromatic heterocycles. The van der Waals surface area contributed by atoms with Crippen molar-refractivity contribution in [1.82, 2.24) is 18.6 Å². The van der Waals surface area contributed by atoms with E-state index in [1.807, 2.05) is 0 Å². The zero-order valence-electron chi connectivity index (χ0n) is 25.3. The van der Waals surface area contributed by atoms with Gasteiger partial charge < -0.3 is 33.2 Å². The molecule has 5 N–H and O–H groups in total. The fourth-order valence-electron chi connectivity index (χ4n) is 4.13. The van der Waals surface area contributed by atoms with Crippen molar-refractivity contribution >= 4 is 45.3 Å². The van der Waals surface area contributed by atoms with Crippen LogP contribution in [0.3, 0.4) is 0 Å². The molecular weight excluding hydrogens is 585 g/mol. The van der Waals surface area contributed by atoms with Gasteiger partial charge in [-0.3, -0.25) is 4.79 Å². The van der Waals surface area contributed by atoms with Crippen molar-refractivity contribution in [1.29, 1.82) is 0 Å². The number of rotatable bonds is 16. The Morgan fingerprint density at radius 2 is 1.10 bits per heavy atom. The third-order valence-corrected chi connectivity index (χ3v) is 26.5. The predicted octanol–water partition coefficient (Wildman–Crippen LogP) is 3.49. The first kappa shape index (κ1) is 38.5. The van der Waals surface area contributed by atoms with E-state index in [2.05, 4.69) is 120 Å². The predicted molar refractivity (Wildman–Crippen MR) is 180 cm³/mol. The van der Waals surface area contributed by atoms with Crippen LogP contribution in [0.5, 0.6) is 0 Å². The first-order chi connectivity index (χ1) is 19.0. The van der Waals surface area contributed by atoms with Crippen LogP contribution >= 0.6 is 0 Å². The maximum Gasteiger partial charge on any atom is 0.330 e. The highest BCUT2D eigenvalue weighted by molar-refractivity contribution is 7.10. The first-order valence-corrected chi connectivity index (χ1v) is 23.5. The molecule has 1 rings (SSSR count). The van der Waals surface area contributed by atoms with Gasteiger partial charge in [-0.25, -0.2) is 4.79 Å². The van der Waals surface area contributed by atoms with Crippen LogP contribution in [-0.4, -0.2) is 70.3 Å². The van der Waals surface area contributed by atoms with E-state index in [0.29, 0.717) is 5.76 Å². The van der Waals surface area contributed by atoms with Crippen LogP contribution < -0.4 is 18.6 Å². The quantitative estimate of drug-likeness (QED) is 0.0571. The Morgan fingerprint density at radius 1 is 0.707 bits per heavy atom. The number of carbonyl (C=O) groups is 2. The van der Waals surface area contributed by atoms with Crippen molar-refractivity contribution < 1.29 is 24.2 Å². The number of hydrogen-bond donors (Lipinski definition) is 5. The monoisotopic (exact) mass is 634 g/mol. The molecule has 0 radical (unpaired) electrons. The van der Waals surface area contributed by atoms with E-state index in [9.17, 15) is 14.7 Å². The molecule has 0 spiro atoms. The molecule has 1 fully saturated rings. The number of allylic oxidation sites excluding steroid dienone is 2. The van der Waals surface area contributed by atoms with Gasteiger partial charge in [0.15, 0.2) is 5.78 Å². The second kappa shape index (κ2) is 16.8. The third kappa shape index (κ3) is 12.9. The van der Waals surface area contributed by atoms with Crippen molar-refractivity contribution in [2.24, 2.45) is 5.41 Å². The molecule has 1 unspecified atom stereocenters. The number of aliphatic hydroxyl groups is 1. The summed E-state index contributed by atoms with van der Waals surface area (Å²) in [6, 6.07) is 0. The molecule has 228 valence electrons. The molecule has 1 atom stereocenters. The van der Waals surface area contributed by atoms with Gasteiger partial charge in [-0.1, -0.05) is 49.1 Å². The number of esters is 1. The first-order valence-electron chi connectivity index (χ1n) is 13.2. The van der Waals surface area contributed by atoms with Gasteiger partial charge in [-0.15, -0.1) is 26.3 Å². The van der Waals surface area contributed by atoms with Gasteiger partial charge in [0.1, 0.15) is 12.4 Å². The Morgan fingerprint density at radius 3 is 1.39 bits per heavy atom. The lowest BCUT2D eigenvalue weighted by atomic mass is 9.85. The topological polar surface area (TPSA) is 121 Å². The van der Waals surface area contributed by atoms with E-state index in [-0.39, 0.29) is 38.4 Å². The van der Waals surface area contributed by atoms with Crippen LogP contribution in [0.1, 0.15) is 12.8 Å². The minimum Gasteiger partial charge on any atom is -0.493 e. The molecule has 1 aliphatic heterocycles. The number of carbonyl (C=O) groups excluding carboxylic acids is 2. The third-order valence-electron chi connectivity index (χ3n) is 6.65. The lowest BCUT2D eigenvalue weighted by Gasteiger charge is -2.49. The van der Waals surface area contributed by atoms with E-state index in [4.69, 9.17) is 9.47 Å². The Balaban J connectivity index is 0.000000781. The fraction of sp³-hybridized carbons (Fsp3) is 0.357. The SMILES string of the molecule is C=CC(=C)OCC(CO)(CCC(=O)C=C)COC(=O)C=C.C=C[Si]1(C)N[Si](C)(C=C)N[Si](C)(C=C)N[Si](C)(C=C)N1. The Kier molecular flexibility index (Phi) is 15.8. The van der Waals surface area contributed by atoms with Crippen LogP contribution in [0.15, 0.2) is 99.4 Å². The number of hydrogen-bond acceptors (Lipinski definition) is 9. The summed E-state index contributed by atoms with van der Waals surface area (Å²) in [5.74, 6) is -0.436. The molecule has 1 saturated heterocycles. The number of nitrogens with one attached hydrogen (secondary N) is 4. The fourth-order valence-corrected chi connectivity index (χ4v) is 27.9. The van der Waals surface area contributed by atoms with Crippen LogP contribution in [0, 0.1) is 5.41 Å². The maximum atomic E-state index is 11.4. The largest absolute Gasteiger partial charge is 0.493 e. The highest BCUT2D eigenvalue weighted by Gasteiger charge is 2.48. The molecule has 0 aliphatic carbocycles. The summed E-state index contributed by atoms with van der Waals surface area (Å²) < 4.78 is 25.7. The van der Waals surface area contributed by atoms with E-state index in [1.54, 1.807) is 0 Å². The Labute approximate surface area is 251 Å². The zero-order valence-corrected chi connectivity index (χ0v) is 29.3. The van der Waals surface area contributed by atoms with Crippen LogP contribution in [-0.2, 0) is 19.1 Å². The van der Waals surface area contributed by atoms with Gasteiger partial charge in [0, 0.05) is 12.5 Å². The van der Waals surface area contributed by atoms with Crippen molar-refractivity contribution in [3.8, 4) is 0 Å². The molecule has 0 bridgehead atoms. The summed E-state index contributed by atoms with van der Waals surface area (Å²) in [6.07, 6.45) is 4.11. The summed E-state index contributed by atoms with van der Waals surface area (Å²) in [5, 5.41) is 9.64. The van der Waals surface area contributed by atoms with Crippen molar-refractivity contribution in [3.63, 3.8) is 0 Å². The molecule has 41 heavy (non-hydrogen) atoms. The number of aliphatic hydroxyl groups excluding tert-OH is 1. The maximum absolute atomic E-state index is 11.4. The van der Waals surface area contributed by atoms with E-state index in [0.717, 1.165) is 6.08 Å². The van der Waals surface area contributed by atoms with Crippen molar-refractivity contribution in [3.05, 3.63) is 99.4 Å². The molecule has 0 aromatic rings. The summed E-state index contributed by atoms with van der Waals surface area (Å²) in [4.78, 5) is 22.5. The average Bonchev–Trinajstić information content (AvgIpc) is 2.95.